The number of carbonyl (C=O) groups excluding carboxylic acids is 2. The molecule has 0 aliphatic carbocycles. The number of aromatic nitrogens is 2. The van der Waals surface area contributed by atoms with Crippen LogP contribution in [0.25, 0.3) is 0 Å². The number of rotatable bonds is 4. The Morgan fingerprint density at radius 1 is 1.06 bits per heavy atom. The highest BCUT2D eigenvalue weighted by Crippen LogP contribution is 2.34. The first kappa shape index (κ1) is 24.0. The summed E-state index contributed by atoms with van der Waals surface area (Å²) < 4.78 is 53.8. The smallest absolute Gasteiger partial charge is 0.381 e. The number of hydrogen-bond donors (Lipinski definition) is 2. The van der Waals surface area contributed by atoms with Crippen molar-refractivity contribution in [2.45, 2.75) is 43.9 Å². The molecule has 2 aromatic rings. The van der Waals surface area contributed by atoms with E-state index in [1.54, 1.807) is 0 Å². The van der Waals surface area contributed by atoms with E-state index in [4.69, 9.17) is 17.3 Å². The monoisotopic (exact) mass is 500 g/mol. The molecule has 1 unspecified atom stereocenters. The number of nitrogen functional groups attached to an aromatic ring is 1. The molecular weight excluding hydrogens is 480 g/mol. The van der Waals surface area contributed by atoms with Gasteiger partial charge in [0.15, 0.2) is 11.6 Å². The Kier molecular flexibility index (Phi) is 6.52. The molecule has 2 atom stereocenters. The van der Waals surface area contributed by atoms with Crippen molar-refractivity contribution in [3.05, 3.63) is 40.9 Å². The van der Waals surface area contributed by atoms with Gasteiger partial charge in [-0.3, -0.25) is 14.5 Å². The van der Waals surface area contributed by atoms with Gasteiger partial charge in [-0.15, -0.1) is 0 Å². The van der Waals surface area contributed by atoms with Crippen LogP contribution in [-0.4, -0.2) is 51.9 Å². The molecule has 4 rings (SSSR count). The fraction of sp³-hybridized carbons (Fsp3) is 0.429. The van der Waals surface area contributed by atoms with Crippen molar-refractivity contribution in [3.63, 3.8) is 0 Å². The molecule has 0 radical (unpaired) electrons. The normalized spacial score (nSPS) is 21.7. The molecule has 0 bridgehead atoms. The van der Waals surface area contributed by atoms with Crippen molar-refractivity contribution in [2.75, 3.05) is 29.0 Å². The third-order valence-corrected chi connectivity index (χ3v) is 6.10. The van der Waals surface area contributed by atoms with Gasteiger partial charge in [-0.2, -0.15) is 17.6 Å². The molecule has 1 aromatic carbocycles. The predicted octanol–water partition coefficient (Wildman–Crippen LogP) is 3.47. The first-order valence-electron chi connectivity index (χ1n) is 10.6. The summed E-state index contributed by atoms with van der Waals surface area (Å²) in [5.41, 5.74) is 4.61. The van der Waals surface area contributed by atoms with Gasteiger partial charge < -0.3 is 16.0 Å². The highest BCUT2D eigenvalue weighted by Gasteiger charge is 2.41. The summed E-state index contributed by atoms with van der Waals surface area (Å²) in [6.07, 6.45) is -1.80. The number of alkyl halides is 3. The largest absolute Gasteiger partial charge is 0.416 e. The van der Waals surface area contributed by atoms with Crippen molar-refractivity contribution in [1.82, 2.24) is 14.9 Å². The Morgan fingerprint density at radius 3 is 2.53 bits per heavy atom. The van der Waals surface area contributed by atoms with Gasteiger partial charge in [0.25, 0.3) is 5.91 Å². The SMILES string of the molecule is Nc1ncnc(N2CCC[C@@H](N3CCCC(Nc4cc(Cl)cc(C(F)(F)F)c4)C3=O)C2=O)c1F. The molecule has 0 spiro atoms. The van der Waals surface area contributed by atoms with E-state index in [1.165, 1.54) is 11.0 Å². The average Bonchev–Trinajstić information content (AvgIpc) is 2.77. The van der Waals surface area contributed by atoms with E-state index in [1.807, 2.05) is 0 Å². The number of halogens is 5. The zero-order valence-electron chi connectivity index (χ0n) is 17.8. The van der Waals surface area contributed by atoms with Crippen molar-refractivity contribution in [1.29, 1.82) is 0 Å². The van der Waals surface area contributed by atoms with Crippen molar-refractivity contribution in [2.24, 2.45) is 0 Å². The lowest BCUT2D eigenvalue weighted by atomic mass is 9.97. The number of hydrogen-bond acceptors (Lipinski definition) is 6. The van der Waals surface area contributed by atoms with Gasteiger partial charge in [0.05, 0.1) is 5.56 Å². The number of carbonyl (C=O) groups is 2. The van der Waals surface area contributed by atoms with Gasteiger partial charge in [-0.1, -0.05) is 11.6 Å². The van der Waals surface area contributed by atoms with Crippen LogP contribution in [0.4, 0.5) is 34.9 Å². The van der Waals surface area contributed by atoms with E-state index >= 15 is 0 Å². The van der Waals surface area contributed by atoms with E-state index in [0.29, 0.717) is 32.2 Å². The standard InChI is InChI=1S/C21H21ClF4N6O2/c22-12-7-11(21(24,25)26)8-13(9-12)30-14-3-1-5-31(19(14)33)15-4-2-6-32(20(15)34)18-16(23)17(27)28-10-29-18/h7-10,14-15,30H,1-6H2,(H2,27,28,29)/t14?,15-/m1/s1. The molecule has 8 nitrogen and oxygen atoms in total. The number of nitrogens with zero attached hydrogens (tertiary/aromatic N) is 4. The van der Waals surface area contributed by atoms with Gasteiger partial charge in [0, 0.05) is 23.8 Å². The average molecular weight is 501 g/mol. The Morgan fingerprint density at radius 2 is 1.79 bits per heavy atom. The summed E-state index contributed by atoms with van der Waals surface area (Å²) in [6.45, 7) is 0.494. The van der Waals surface area contributed by atoms with Crippen molar-refractivity contribution >= 4 is 40.7 Å². The topological polar surface area (TPSA) is 104 Å². The Bertz CT molecular complexity index is 1120. The lowest BCUT2D eigenvalue weighted by molar-refractivity contribution is -0.143. The highest BCUT2D eigenvalue weighted by atomic mass is 35.5. The molecule has 34 heavy (non-hydrogen) atoms. The third kappa shape index (κ3) is 4.72. The molecular formula is C21H21ClF4N6O2. The molecule has 2 saturated heterocycles. The fourth-order valence-corrected chi connectivity index (χ4v) is 4.53. The van der Waals surface area contributed by atoms with E-state index < -0.39 is 47.3 Å². The molecule has 2 aliphatic rings. The summed E-state index contributed by atoms with van der Waals surface area (Å²) in [5, 5.41) is 2.71. The first-order chi connectivity index (χ1) is 16.1. The molecule has 2 fully saturated rings. The van der Waals surface area contributed by atoms with Gasteiger partial charge in [0.1, 0.15) is 18.4 Å². The van der Waals surface area contributed by atoms with E-state index in [0.717, 1.165) is 23.4 Å². The molecule has 2 aliphatic heterocycles. The minimum absolute atomic E-state index is 0.0511. The number of piperidine rings is 2. The minimum atomic E-state index is -4.60. The maximum atomic E-state index is 14.4. The molecule has 2 amide bonds. The van der Waals surface area contributed by atoms with Crippen LogP contribution in [-0.2, 0) is 15.8 Å². The van der Waals surface area contributed by atoms with Gasteiger partial charge in [0.2, 0.25) is 11.7 Å². The van der Waals surface area contributed by atoms with Crippen LogP contribution in [0.2, 0.25) is 5.02 Å². The second-order valence-corrected chi connectivity index (χ2v) is 8.58. The number of likely N-dealkylation sites (tertiary alicyclic amines) is 1. The second kappa shape index (κ2) is 9.24. The van der Waals surface area contributed by atoms with Gasteiger partial charge >= 0.3 is 6.18 Å². The number of amides is 2. The lowest BCUT2D eigenvalue weighted by Gasteiger charge is -2.41. The summed E-state index contributed by atoms with van der Waals surface area (Å²) >= 11 is 5.84. The van der Waals surface area contributed by atoms with Crippen LogP contribution in [0.5, 0.6) is 0 Å². The van der Waals surface area contributed by atoms with E-state index in [9.17, 15) is 27.2 Å². The summed E-state index contributed by atoms with van der Waals surface area (Å²) in [5.74, 6) is -2.48. The Hall–Kier alpha value is -3.15. The molecule has 3 N–H and O–H groups in total. The van der Waals surface area contributed by atoms with Crippen LogP contribution < -0.4 is 16.0 Å². The predicted molar refractivity (Wildman–Crippen MR) is 117 cm³/mol. The van der Waals surface area contributed by atoms with Crippen LogP contribution in [0.3, 0.4) is 0 Å². The second-order valence-electron chi connectivity index (χ2n) is 8.14. The maximum absolute atomic E-state index is 14.4. The minimum Gasteiger partial charge on any atom is -0.381 e. The van der Waals surface area contributed by atoms with Gasteiger partial charge in [-0.05, 0) is 43.9 Å². The van der Waals surface area contributed by atoms with E-state index in [-0.39, 0.29) is 23.1 Å². The van der Waals surface area contributed by atoms with Crippen LogP contribution in [0, 0.1) is 5.82 Å². The van der Waals surface area contributed by atoms with Crippen LogP contribution in [0.15, 0.2) is 24.5 Å². The summed E-state index contributed by atoms with van der Waals surface area (Å²) in [6, 6.07) is 1.29. The zero-order valence-corrected chi connectivity index (χ0v) is 18.5. The quantitative estimate of drug-likeness (QED) is 0.623. The fourth-order valence-electron chi connectivity index (χ4n) is 4.30. The Labute approximate surface area is 197 Å². The van der Waals surface area contributed by atoms with Gasteiger partial charge in [-0.25, -0.2) is 9.97 Å². The number of benzene rings is 1. The number of anilines is 3. The maximum Gasteiger partial charge on any atom is 0.416 e. The molecule has 182 valence electrons. The molecule has 0 saturated carbocycles. The van der Waals surface area contributed by atoms with Crippen LogP contribution >= 0.6 is 11.6 Å². The molecule has 13 heteroatoms. The molecule has 1 aromatic heterocycles. The third-order valence-electron chi connectivity index (χ3n) is 5.88. The molecule has 3 heterocycles. The Balaban J connectivity index is 1.53. The van der Waals surface area contributed by atoms with Crippen molar-refractivity contribution < 1.29 is 27.2 Å². The number of nitrogens with two attached hydrogens (primary N) is 1. The first-order valence-corrected chi connectivity index (χ1v) is 11.0. The zero-order chi connectivity index (χ0) is 24.6. The summed E-state index contributed by atoms with van der Waals surface area (Å²) in [4.78, 5) is 36.4. The summed E-state index contributed by atoms with van der Waals surface area (Å²) in [7, 11) is 0. The number of nitrogens with one attached hydrogen (secondary N) is 1. The van der Waals surface area contributed by atoms with E-state index in [2.05, 4.69) is 15.3 Å². The van der Waals surface area contributed by atoms with Crippen LogP contribution in [0.1, 0.15) is 31.2 Å². The highest BCUT2D eigenvalue weighted by molar-refractivity contribution is 6.31. The van der Waals surface area contributed by atoms with Crippen molar-refractivity contribution in [3.8, 4) is 0 Å². The lowest BCUT2D eigenvalue weighted by Crippen LogP contribution is -2.59.